The first kappa shape index (κ1) is 17.3. The Morgan fingerprint density at radius 2 is 1.72 bits per heavy atom. The molecule has 5 atom stereocenters. The summed E-state index contributed by atoms with van der Waals surface area (Å²) >= 11 is 0. The van der Waals surface area contributed by atoms with Gasteiger partial charge in [0.1, 0.15) is 6.04 Å². The number of carbonyl (C=O) groups excluding carboxylic acids is 1. The summed E-state index contributed by atoms with van der Waals surface area (Å²) in [5, 5.41) is 9.65. The summed E-state index contributed by atoms with van der Waals surface area (Å²) in [7, 11) is 0. The van der Waals surface area contributed by atoms with Crippen LogP contribution in [0, 0.1) is 5.92 Å². The molecule has 4 rings (SSSR count). The highest BCUT2D eigenvalue weighted by Crippen LogP contribution is 2.40. The Kier molecular flexibility index (Phi) is 5.00. The first-order valence-electron chi connectivity index (χ1n) is 10.0. The van der Waals surface area contributed by atoms with E-state index in [4.69, 9.17) is 4.74 Å². The molecule has 6 heteroatoms. The van der Waals surface area contributed by atoms with Crippen LogP contribution in [0.1, 0.15) is 57.8 Å². The Morgan fingerprint density at radius 1 is 1.00 bits per heavy atom. The standard InChI is InChI=1S/C19H30N2O4/c22-18(20-9-10-25-17-8-4-3-7-15(17)20)12-21-14-6-2-1-5-13(14)11-16(21)19(23)24/h13-17H,1-12H2,(H,23,24). The third kappa shape index (κ3) is 3.31. The lowest BCUT2D eigenvalue weighted by molar-refractivity contribution is -0.153. The maximum Gasteiger partial charge on any atom is 0.320 e. The Morgan fingerprint density at radius 3 is 2.52 bits per heavy atom. The lowest BCUT2D eigenvalue weighted by Crippen LogP contribution is -2.58. The second-order valence-corrected chi connectivity index (χ2v) is 8.22. The molecule has 0 radical (unpaired) electrons. The maximum atomic E-state index is 13.1. The van der Waals surface area contributed by atoms with E-state index in [1.54, 1.807) is 0 Å². The van der Waals surface area contributed by atoms with Crippen molar-refractivity contribution in [2.45, 2.75) is 82.0 Å². The summed E-state index contributed by atoms with van der Waals surface area (Å²) in [4.78, 5) is 28.9. The van der Waals surface area contributed by atoms with Gasteiger partial charge in [0.15, 0.2) is 0 Å². The molecule has 2 aliphatic carbocycles. The van der Waals surface area contributed by atoms with E-state index in [0.29, 0.717) is 25.5 Å². The number of likely N-dealkylation sites (tertiary alicyclic amines) is 1. The molecule has 0 aromatic carbocycles. The second-order valence-electron chi connectivity index (χ2n) is 8.22. The van der Waals surface area contributed by atoms with Gasteiger partial charge in [-0.05, 0) is 38.0 Å². The smallest absolute Gasteiger partial charge is 0.320 e. The number of amides is 1. The minimum absolute atomic E-state index is 0.109. The molecule has 2 heterocycles. The largest absolute Gasteiger partial charge is 0.480 e. The fraction of sp³-hybridized carbons (Fsp3) is 0.895. The number of carboxylic acids is 1. The van der Waals surface area contributed by atoms with Crippen LogP contribution in [0.5, 0.6) is 0 Å². The van der Waals surface area contributed by atoms with Crippen LogP contribution in [-0.2, 0) is 14.3 Å². The second kappa shape index (κ2) is 7.23. The van der Waals surface area contributed by atoms with Gasteiger partial charge in [0.05, 0.1) is 25.3 Å². The lowest BCUT2D eigenvalue weighted by atomic mass is 9.85. The molecular formula is C19H30N2O4. The van der Waals surface area contributed by atoms with E-state index < -0.39 is 12.0 Å². The fourth-order valence-electron chi connectivity index (χ4n) is 5.68. The molecule has 140 valence electrons. The van der Waals surface area contributed by atoms with E-state index in [2.05, 4.69) is 0 Å². The van der Waals surface area contributed by atoms with Crippen molar-refractivity contribution in [1.82, 2.24) is 9.80 Å². The van der Waals surface area contributed by atoms with Crippen molar-refractivity contribution in [3.05, 3.63) is 0 Å². The number of aliphatic carboxylic acids is 1. The first-order chi connectivity index (χ1) is 12.1. The molecule has 1 N–H and O–H groups in total. The highest BCUT2D eigenvalue weighted by Gasteiger charge is 2.47. The molecule has 2 aliphatic heterocycles. The summed E-state index contributed by atoms with van der Waals surface area (Å²) < 4.78 is 5.88. The van der Waals surface area contributed by atoms with E-state index in [1.165, 1.54) is 12.8 Å². The SMILES string of the molecule is O=C(O)C1CC2CCCCC2N1CC(=O)N1CCOC2CCCCC21. The van der Waals surface area contributed by atoms with Crippen molar-refractivity contribution in [3.8, 4) is 0 Å². The van der Waals surface area contributed by atoms with Gasteiger partial charge >= 0.3 is 5.97 Å². The van der Waals surface area contributed by atoms with Gasteiger partial charge < -0.3 is 14.7 Å². The quantitative estimate of drug-likeness (QED) is 0.841. The van der Waals surface area contributed by atoms with Gasteiger partial charge in [-0.2, -0.15) is 0 Å². The highest BCUT2D eigenvalue weighted by atomic mass is 16.5. The van der Waals surface area contributed by atoms with Crippen LogP contribution in [-0.4, -0.2) is 70.7 Å². The number of fused-ring (bicyclic) bond motifs is 2. The van der Waals surface area contributed by atoms with E-state index in [9.17, 15) is 14.7 Å². The van der Waals surface area contributed by atoms with Crippen molar-refractivity contribution >= 4 is 11.9 Å². The summed E-state index contributed by atoms with van der Waals surface area (Å²) in [6, 6.07) is -0.00901. The lowest BCUT2D eigenvalue weighted by Gasteiger charge is -2.44. The maximum absolute atomic E-state index is 13.1. The van der Waals surface area contributed by atoms with Crippen molar-refractivity contribution < 1.29 is 19.4 Å². The number of ether oxygens (including phenoxy) is 1. The average Bonchev–Trinajstić information content (AvgIpc) is 3.00. The summed E-state index contributed by atoms with van der Waals surface area (Å²) in [6.07, 6.45) is 9.79. The van der Waals surface area contributed by atoms with Gasteiger partial charge in [0.25, 0.3) is 0 Å². The third-order valence-electron chi connectivity index (χ3n) is 6.88. The number of carboxylic acid groups (broad SMARTS) is 1. The van der Waals surface area contributed by atoms with Crippen LogP contribution in [0.25, 0.3) is 0 Å². The minimum atomic E-state index is -0.764. The predicted octanol–water partition coefficient (Wildman–Crippen LogP) is 1.87. The van der Waals surface area contributed by atoms with Crippen molar-refractivity contribution in [2.75, 3.05) is 19.7 Å². The van der Waals surface area contributed by atoms with E-state index in [0.717, 1.165) is 38.5 Å². The van der Waals surface area contributed by atoms with Gasteiger partial charge in [-0.25, -0.2) is 0 Å². The molecule has 1 amide bonds. The Labute approximate surface area is 149 Å². The number of hydrogen-bond acceptors (Lipinski definition) is 4. The molecule has 2 saturated carbocycles. The predicted molar refractivity (Wildman–Crippen MR) is 92.2 cm³/mol. The molecule has 0 aromatic heterocycles. The van der Waals surface area contributed by atoms with Crippen LogP contribution < -0.4 is 0 Å². The summed E-state index contributed by atoms with van der Waals surface area (Å²) in [6.45, 7) is 1.53. The molecule has 0 spiro atoms. The van der Waals surface area contributed by atoms with Crippen molar-refractivity contribution in [1.29, 1.82) is 0 Å². The Bertz CT molecular complexity index is 524. The number of rotatable bonds is 3. The summed E-state index contributed by atoms with van der Waals surface area (Å²) in [5.41, 5.74) is 0. The average molecular weight is 350 g/mol. The fourth-order valence-corrected chi connectivity index (χ4v) is 5.68. The van der Waals surface area contributed by atoms with Crippen LogP contribution in [0.4, 0.5) is 0 Å². The topological polar surface area (TPSA) is 70.1 Å². The molecule has 4 fully saturated rings. The molecule has 25 heavy (non-hydrogen) atoms. The van der Waals surface area contributed by atoms with Crippen molar-refractivity contribution in [2.24, 2.45) is 5.92 Å². The number of hydrogen-bond donors (Lipinski definition) is 1. The molecular weight excluding hydrogens is 320 g/mol. The number of carbonyl (C=O) groups is 2. The van der Waals surface area contributed by atoms with Gasteiger partial charge in [0, 0.05) is 12.6 Å². The Hall–Kier alpha value is -1.14. The zero-order valence-electron chi connectivity index (χ0n) is 14.9. The van der Waals surface area contributed by atoms with Crippen LogP contribution in [0.15, 0.2) is 0 Å². The van der Waals surface area contributed by atoms with Gasteiger partial charge in [-0.15, -0.1) is 0 Å². The zero-order valence-corrected chi connectivity index (χ0v) is 14.9. The highest BCUT2D eigenvalue weighted by molar-refractivity contribution is 5.81. The number of morpholine rings is 1. The first-order valence-corrected chi connectivity index (χ1v) is 10.0. The molecule has 0 bridgehead atoms. The van der Waals surface area contributed by atoms with Gasteiger partial charge in [0.2, 0.25) is 5.91 Å². The van der Waals surface area contributed by atoms with E-state index in [1.807, 2.05) is 9.80 Å². The van der Waals surface area contributed by atoms with Gasteiger partial charge in [-0.3, -0.25) is 14.5 Å². The minimum Gasteiger partial charge on any atom is -0.480 e. The van der Waals surface area contributed by atoms with Crippen LogP contribution in [0.2, 0.25) is 0 Å². The molecule has 5 unspecified atom stereocenters. The summed E-state index contributed by atoms with van der Waals surface area (Å²) in [5.74, 6) is -0.202. The molecule has 2 saturated heterocycles. The molecule has 6 nitrogen and oxygen atoms in total. The number of nitrogens with zero attached hydrogens (tertiary/aromatic N) is 2. The zero-order chi connectivity index (χ0) is 17.4. The van der Waals surface area contributed by atoms with E-state index >= 15 is 0 Å². The van der Waals surface area contributed by atoms with Crippen LogP contribution >= 0.6 is 0 Å². The van der Waals surface area contributed by atoms with Crippen molar-refractivity contribution in [3.63, 3.8) is 0 Å². The Balaban J connectivity index is 1.47. The molecule has 4 aliphatic rings. The van der Waals surface area contributed by atoms with Crippen LogP contribution in [0.3, 0.4) is 0 Å². The van der Waals surface area contributed by atoms with Gasteiger partial charge in [-0.1, -0.05) is 25.7 Å². The third-order valence-corrected chi connectivity index (χ3v) is 6.88. The normalized spacial score (nSPS) is 38.9. The molecule has 0 aromatic rings. The van der Waals surface area contributed by atoms with E-state index in [-0.39, 0.29) is 30.6 Å². The monoisotopic (exact) mass is 350 g/mol.